The molecule has 1 aliphatic rings. The Hall–Kier alpha value is -1.16. The molecule has 0 aromatic carbocycles. The SMILES string of the molecule is CCC(Nc1ncnc2sc(C)c(C)c12)C1CCCCC1. The second kappa shape index (κ2) is 6.30. The molecule has 3 nitrogen and oxygen atoms in total. The molecule has 1 fully saturated rings. The van der Waals surface area contributed by atoms with Gasteiger partial charge in [-0.1, -0.05) is 26.2 Å². The fraction of sp³-hybridized carbons (Fsp3) is 0.647. The molecule has 1 unspecified atom stereocenters. The Kier molecular flexibility index (Phi) is 4.43. The maximum absolute atomic E-state index is 4.55. The van der Waals surface area contributed by atoms with Crippen LogP contribution in [-0.4, -0.2) is 16.0 Å². The van der Waals surface area contributed by atoms with Crippen molar-refractivity contribution in [1.82, 2.24) is 9.97 Å². The van der Waals surface area contributed by atoms with Crippen molar-refractivity contribution in [3.8, 4) is 0 Å². The van der Waals surface area contributed by atoms with E-state index in [1.807, 2.05) is 0 Å². The molecule has 0 amide bonds. The molecule has 2 aromatic rings. The van der Waals surface area contributed by atoms with Crippen LogP contribution in [0.5, 0.6) is 0 Å². The van der Waals surface area contributed by atoms with Crippen molar-refractivity contribution in [3.63, 3.8) is 0 Å². The van der Waals surface area contributed by atoms with Crippen molar-refractivity contribution in [2.75, 3.05) is 5.32 Å². The van der Waals surface area contributed by atoms with Crippen molar-refractivity contribution in [2.45, 2.75) is 65.3 Å². The van der Waals surface area contributed by atoms with Crippen LogP contribution < -0.4 is 5.32 Å². The Bertz CT molecular complexity index is 614. The molecule has 1 saturated carbocycles. The number of hydrogen-bond donors (Lipinski definition) is 1. The van der Waals surface area contributed by atoms with E-state index in [9.17, 15) is 0 Å². The van der Waals surface area contributed by atoms with Crippen LogP contribution >= 0.6 is 11.3 Å². The second-order valence-electron chi connectivity index (χ2n) is 6.24. The summed E-state index contributed by atoms with van der Waals surface area (Å²) < 4.78 is 0. The largest absolute Gasteiger partial charge is 0.366 e. The summed E-state index contributed by atoms with van der Waals surface area (Å²) in [6.45, 7) is 6.64. The van der Waals surface area contributed by atoms with Crippen molar-refractivity contribution in [3.05, 3.63) is 16.8 Å². The molecule has 2 heterocycles. The van der Waals surface area contributed by atoms with E-state index in [0.29, 0.717) is 6.04 Å². The summed E-state index contributed by atoms with van der Waals surface area (Å²) in [6, 6.07) is 0.544. The zero-order valence-corrected chi connectivity index (χ0v) is 14.1. The van der Waals surface area contributed by atoms with E-state index >= 15 is 0 Å². The van der Waals surface area contributed by atoms with Gasteiger partial charge in [0, 0.05) is 10.9 Å². The molecule has 1 N–H and O–H groups in total. The molecule has 0 radical (unpaired) electrons. The topological polar surface area (TPSA) is 37.8 Å². The lowest BCUT2D eigenvalue weighted by Gasteiger charge is -2.30. The molecular formula is C17H25N3S. The van der Waals surface area contributed by atoms with E-state index in [4.69, 9.17) is 0 Å². The van der Waals surface area contributed by atoms with E-state index in [-0.39, 0.29) is 0 Å². The fourth-order valence-corrected chi connectivity index (χ4v) is 4.55. The number of rotatable bonds is 4. The third-order valence-electron chi connectivity index (χ3n) is 4.95. The molecule has 2 aromatic heterocycles. The number of nitrogens with zero attached hydrogens (tertiary/aromatic N) is 2. The molecule has 4 heteroatoms. The smallest absolute Gasteiger partial charge is 0.138 e. The zero-order valence-electron chi connectivity index (χ0n) is 13.3. The number of anilines is 1. The second-order valence-corrected chi connectivity index (χ2v) is 7.45. The highest BCUT2D eigenvalue weighted by Crippen LogP contribution is 2.35. The van der Waals surface area contributed by atoms with Gasteiger partial charge in [0.05, 0.1) is 5.39 Å². The van der Waals surface area contributed by atoms with E-state index in [1.165, 1.54) is 54.4 Å². The predicted octanol–water partition coefficient (Wildman–Crippen LogP) is 5.08. The summed E-state index contributed by atoms with van der Waals surface area (Å²) in [5.74, 6) is 1.84. The molecule has 0 spiro atoms. The third-order valence-corrected chi connectivity index (χ3v) is 6.06. The van der Waals surface area contributed by atoms with Crippen molar-refractivity contribution < 1.29 is 0 Å². The molecule has 0 saturated heterocycles. The number of nitrogens with one attached hydrogen (secondary N) is 1. The van der Waals surface area contributed by atoms with E-state index in [2.05, 4.69) is 36.1 Å². The summed E-state index contributed by atoms with van der Waals surface area (Å²) in [6.07, 6.45) is 9.78. The van der Waals surface area contributed by atoms with Crippen LogP contribution in [0.1, 0.15) is 55.9 Å². The number of thiophene rings is 1. The molecule has 3 rings (SSSR count). The van der Waals surface area contributed by atoms with Gasteiger partial charge in [-0.2, -0.15) is 0 Å². The van der Waals surface area contributed by atoms with Gasteiger partial charge in [0.2, 0.25) is 0 Å². The molecule has 0 aliphatic heterocycles. The first-order valence-corrected chi connectivity index (χ1v) is 8.99. The lowest BCUT2D eigenvalue weighted by Crippen LogP contribution is -2.30. The van der Waals surface area contributed by atoms with Gasteiger partial charge in [-0.15, -0.1) is 11.3 Å². The highest BCUT2D eigenvalue weighted by molar-refractivity contribution is 7.18. The molecule has 1 atom stereocenters. The first-order chi connectivity index (χ1) is 10.2. The number of hydrogen-bond acceptors (Lipinski definition) is 4. The summed E-state index contributed by atoms with van der Waals surface area (Å²) in [5, 5.41) is 4.98. The summed E-state index contributed by atoms with van der Waals surface area (Å²) in [5.41, 5.74) is 1.33. The highest BCUT2D eigenvalue weighted by atomic mass is 32.1. The molecule has 1 aliphatic carbocycles. The van der Waals surface area contributed by atoms with Crippen molar-refractivity contribution >= 4 is 27.4 Å². The predicted molar refractivity (Wildman–Crippen MR) is 91.2 cm³/mol. The maximum Gasteiger partial charge on any atom is 0.138 e. The lowest BCUT2D eigenvalue weighted by molar-refractivity contribution is 0.312. The summed E-state index contributed by atoms with van der Waals surface area (Å²) in [7, 11) is 0. The van der Waals surface area contributed by atoms with Gasteiger partial charge in [-0.05, 0) is 44.6 Å². The van der Waals surface area contributed by atoms with Crippen LogP contribution in [0, 0.1) is 19.8 Å². The summed E-state index contributed by atoms with van der Waals surface area (Å²) >= 11 is 1.77. The average Bonchev–Trinajstić information content (AvgIpc) is 2.81. The Labute approximate surface area is 131 Å². The minimum atomic E-state index is 0.544. The maximum atomic E-state index is 4.55. The van der Waals surface area contributed by atoms with Gasteiger partial charge >= 0.3 is 0 Å². The highest BCUT2D eigenvalue weighted by Gasteiger charge is 2.23. The van der Waals surface area contributed by atoms with E-state index < -0.39 is 0 Å². The molecule has 114 valence electrons. The Morgan fingerprint density at radius 3 is 2.71 bits per heavy atom. The van der Waals surface area contributed by atoms with Crippen LogP contribution in [0.2, 0.25) is 0 Å². The molecular weight excluding hydrogens is 278 g/mol. The fourth-order valence-electron chi connectivity index (χ4n) is 3.56. The monoisotopic (exact) mass is 303 g/mol. The van der Waals surface area contributed by atoms with Crippen LogP contribution in [0.15, 0.2) is 6.33 Å². The Morgan fingerprint density at radius 1 is 1.24 bits per heavy atom. The van der Waals surface area contributed by atoms with E-state index in [1.54, 1.807) is 17.7 Å². The van der Waals surface area contributed by atoms with Crippen LogP contribution in [-0.2, 0) is 0 Å². The average molecular weight is 303 g/mol. The van der Waals surface area contributed by atoms with Crippen LogP contribution in [0.4, 0.5) is 5.82 Å². The Morgan fingerprint density at radius 2 is 2.00 bits per heavy atom. The standard InChI is InChI=1S/C17H25N3S/c1-4-14(13-8-6-5-7-9-13)20-16-15-11(2)12(3)21-17(15)19-10-18-16/h10,13-14H,4-9H2,1-3H3,(H,18,19,20). The van der Waals surface area contributed by atoms with Gasteiger partial charge in [0.15, 0.2) is 0 Å². The lowest BCUT2D eigenvalue weighted by atomic mass is 9.83. The normalized spacial score (nSPS) is 18.0. The van der Waals surface area contributed by atoms with Crippen LogP contribution in [0.3, 0.4) is 0 Å². The first-order valence-electron chi connectivity index (χ1n) is 8.18. The Balaban J connectivity index is 1.89. The number of aryl methyl sites for hydroxylation is 2. The van der Waals surface area contributed by atoms with Gasteiger partial charge in [0.25, 0.3) is 0 Å². The zero-order chi connectivity index (χ0) is 14.8. The number of aromatic nitrogens is 2. The van der Waals surface area contributed by atoms with Crippen LogP contribution in [0.25, 0.3) is 10.2 Å². The minimum absolute atomic E-state index is 0.544. The molecule has 0 bridgehead atoms. The number of fused-ring (bicyclic) bond motifs is 1. The van der Waals surface area contributed by atoms with Gasteiger partial charge in [0.1, 0.15) is 17.0 Å². The molecule has 21 heavy (non-hydrogen) atoms. The van der Waals surface area contributed by atoms with Gasteiger partial charge in [-0.25, -0.2) is 9.97 Å². The van der Waals surface area contributed by atoms with E-state index in [0.717, 1.165) is 16.6 Å². The minimum Gasteiger partial charge on any atom is -0.366 e. The first kappa shape index (κ1) is 14.8. The van der Waals surface area contributed by atoms with Gasteiger partial charge < -0.3 is 5.32 Å². The quantitative estimate of drug-likeness (QED) is 0.856. The third kappa shape index (κ3) is 2.91. The van der Waals surface area contributed by atoms with Gasteiger partial charge in [-0.3, -0.25) is 0 Å². The van der Waals surface area contributed by atoms with Crippen molar-refractivity contribution in [1.29, 1.82) is 0 Å². The van der Waals surface area contributed by atoms with Crippen molar-refractivity contribution in [2.24, 2.45) is 5.92 Å². The summed E-state index contributed by atoms with van der Waals surface area (Å²) in [4.78, 5) is 11.4.